The normalized spacial score (nSPS) is 17.7. The first kappa shape index (κ1) is 20.9. The first-order valence-corrected chi connectivity index (χ1v) is 8.16. The summed E-state index contributed by atoms with van der Waals surface area (Å²) in [5, 5.41) is 6.55. The van der Waals surface area contributed by atoms with Crippen molar-refractivity contribution in [2.45, 2.75) is 27.7 Å². The molecule has 0 spiro atoms. The van der Waals surface area contributed by atoms with E-state index in [-0.39, 0.29) is 24.0 Å². The van der Waals surface area contributed by atoms with E-state index >= 15 is 0 Å². The average Bonchev–Trinajstić information content (AvgIpc) is 2.46. The highest BCUT2D eigenvalue weighted by Gasteiger charge is 2.17. The van der Waals surface area contributed by atoms with Gasteiger partial charge >= 0.3 is 0 Å². The first-order valence-electron chi connectivity index (χ1n) is 8.16. The molecule has 126 valence electrons. The van der Waals surface area contributed by atoms with Crippen molar-refractivity contribution in [2.75, 3.05) is 58.9 Å². The van der Waals surface area contributed by atoms with E-state index in [1.165, 1.54) is 32.7 Å². The molecule has 1 atom stereocenters. The maximum atomic E-state index is 4.66. The number of nitrogens with one attached hydrogen (secondary N) is 2. The number of likely N-dealkylation sites (N-methyl/N-ethyl adjacent to an activating group) is 1. The number of halogens is 1. The van der Waals surface area contributed by atoms with Crippen LogP contribution < -0.4 is 10.6 Å². The molecule has 0 saturated carbocycles. The van der Waals surface area contributed by atoms with Gasteiger partial charge in [-0.15, -0.1) is 24.0 Å². The van der Waals surface area contributed by atoms with Crippen LogP contribution in [0.1, 0.15) is 27.7 Å². The lowest BCUT2D eigenvalue weighted by Gasteiger charge is -2.35. The van der Waals surface area contributed by atoms with Gasteiger partial charge in [0.05, 0.1) is 0 Å². The zero-order chi connectivity index (χ0) is 14.8. The van der Waals surface area contributed by atoms with Crippen molar-refractivity contribution in [1.82, 2.24) is 20.4 Å². The van der Waals surface area contributed by atoms with Crippen LogP contribution in [0.2, 0.25) is 0 Å². The fourth-order valence-corrected chi connectivity index (χ4v) is 2.54. The van der Waals surface area contributed by atoms with Gasteiger partial charge in [0, 0.05) is 52.4 Å². The lowest BCUT2D eigenvalue weighted by Crippen LogP contribution is -2.47. The molecule has 1 heterocycles. The van der Waals surface area contributed by atoms with E-state index < -0.39 is 0 Å². The van der Waals surface area contributed by atoms with Crippen LogP contribution in [0.15, 0.2) is 4.99 Å². The summed E-state index contributed by atoms with van der Waals surface area (Å²) in [6.07, 6.45) is 0. The van der Waals surface area contributed by atoms with Gasteiger partial charge in [-0.25, -0.2) is 0 Å². The monoisotopic (exact) mass is 411 g/mol. The number of piperazine rings is 1. The van der Waals surface area contributed by atoms with Crippen molar-refractivity contribution < 1.29 is 0 Å². The Morgan fingerprint density at radius 1 is 1.00 bits per heavy atom. The molecule has 1 saturated heterocycles. The van der Waals surface area contributed by atoms with E-state index in [9.17, 15) is 0 Å². The van der Waals surface area contributed by atoms with Crippen LogP contribution in [0, 0.1) is 5.92 Å². The van der Waals surface area contributed by atoms with Gasteiger partial charge in [-0.3, -0.25) is 4.99 Å². The molecular weight excluding hydrogens is 377 g/mol. The Bertz CT molecular complexity index is 269. The molecule has 1 aliphatic rings. The van der Waals surface area contributed by atoms with Crippen molar-refractivity contribution in [2.24, 2.45) is 10.9 Å². The molecule has 1 fully saturated rings. The molecule has 0 aliphatic carbocycles. The van der Waals surface area contributed by atoms with Crippen LogP contribution in [0.5, 0.6) is 0 Å². The number of hydrogen-bond donors (Lipinski definition) is 2. The summed E-state index contributed by atoms with van der Waals surface area (Å²) in [7, 11) is 0. The van der Waals surface area contributed by atoms with Crippen LogP contribution in [0.25, 0.3) is 0 Å². The third-order valence-electron chi connectivity index (χ3n) is 3.73. The maximum absolute atomic E-state index is 4.66. The molecule has 1 rings (SSSR count). The summed E-state index contributed by atoms with van der Waals surface area (Å²) in [5.74, 6) is 1.55. The Labute approximate surface area is 148 Å². The van der Waals surface area contributed by atoms with Gasteiger partial charge in [0.2, 0.25) is 0 Å². The zero-order valence-electron chi connectivity index (χ0n) is 14.2. The van der Waals surface area contributed by atoms with Crippen LogP contribution in [0.3, 0.4) is 0 Å². The van der Waals surface area contributed by atoms with E-state index in [2.05, 4.69) is 53.1 Å². The fourth-order valence-electron chi connectivity index (χ4n) is 2.54. The highest BCUT2D eigenvalue weighted by Crippen LogP contribution is 2.05. The second-order valence-corrected chi connectivity index (χ2v) is 5.59. The summed E-state index contributed by atoms with van der Waals surface area (Å²) >= 11 is 0. The minimum atomic E-state index is 0. The minimum Gasteiger partial charge on any atom is -0.357 e. The molecule has 21 heavy (non-hydrogen) atoms. The Morgan fingerprint density at radius 3 is 2.00 bits per heavy atom. The van der Waals surface area contributed by atoms with E-state index in [4.69, 9.17) is 0 Å². The van der Waals surface area contributed by atoms with Crippen molar-refractivity contribution in [1.29, 1.82) is 0 Å². The van der Waals surface area contributed by atoms with Gasteiger partial charge in [-0.1, -0.05) is 13.8 Å². The topological polar surface area (TPSA) is 42.9 Å². The zero-order valence-corrected chi connectivity index (χ0v) is 16.5. The minimum absolute atomic E-state index is 0. The second kappa shape index (κ2) is 12.5. The highest BCUT2D eigenvalue weighted by molar-refractivity contribution is 14.0. The summed E-state index contributed by atoms with van der Waals surface area (Å²) < 4.78 is 0. The Hall–Kier alpha value is -0.0800. The van der Waals surface area contributed by atoms with E-state index in [0.717, 1.165) is 32.1 Å². The van der Waals surface area contributed by atoms with Gasteiger partial charge in [0.25, 0.3) is 0 Å². The smallest absolute Gasteiger partial charge is 0.191 e. The van der Waals surface area contributed by atoms with Crippen LogP contribution >= 0.6 is 24.0 Å². The molecule has 0 aromatic carbocycles. The van der Waals surface area contributed by atoms with Crippen LogP contribution in [0.4, 0.5) is 0 Å². The summed E-state index contributed by atoms with van der Waals surface area (Å²) in [6, 6.07) is 0. The van der Waals surface area contributed by atoms with Gasteiger partial charge in [0.15, 0.2) is 5.96 Å². The number of hydrogen-bond acceptors (Lipinski definition) is 3. The number of nitrogens with zero attached hydrogens (tertiary/aromatic N) is 3. The lowest BCUT2D eigenvalue weighted by atomic mass is 10.1. The third kappa shape index (κ3) is 8.83. The molecule has 6 heteroatoms. The van der Waals surface area contributed by atoms with Crippen molar-refractivity contribution in [3.8, 4) is 0 Å². The summed E-state index contributed by atoms with van der Waals surface area (Å²) in [6.45, 7) is 18.6. The van der Waals surface area contributed by atoms with E-state index in [0.29, 0.717) is 5.92 Å². The molecule has 1 aliphatic heterocycles. The van der Waals surface area contributed by atoms with Crippen molar-refractivity contribution in [3.63, 3.8) is 0 Å². The fraction of sp³-hybridized carbons (Fsp3) is 0.933. The maximum Gasteiger partial charge on any atom is 0.191 e. The number of aliphatic imine (C=N–C) groups is 1. The third-order valence-corrected chi connectivity index (χ3v) is 3.73. The molecule has 1 unspecified atom stereocenters. The van der Waals surface area contributed by atoms with E-state index in [1.54, 1.807) is 0 Å². The largest absolute Gasteiger partial charge is 0.357 e. The van der Waals surface area contributed by atoms with Gasteiger partial charge in [-0.2, -0.15) is 0 Å². The summed E-state index contributed by atoms with van der Waals surface area (Å²) in [4.78, 5) is 9.75. The van der Waals surface area contributed by atoms with Gasteiger partial charge in [-0.05, 0) is 26.3 Å². The molecule has 5 nitrogen and oxygen atoms in total. The predicted octanol–water partition coefficient (Wildman–Crippen LogP) is 1.45. The number of rotatable bonds is 7. The van der Waals surface area contributed by atoms with Crippen LogP contribution in [-0.4, -0.2) is 74.7 Å². The van der Waals surface area contributed by atoms with Crippen molar-refractivity contribution in [3.05, 3.63) is 0 Å². The molecule has 0 radical (unpaired) electrons. The van der Waals surface area contributed by atoms with Gasteiger partial charge < -0.3 is 20.4 Å². The molecule has 0 bridgehead atoms. The van der Waals surface area contributed by atoms with Crippen LogP contribution in [-0.2, 0) is 0 Å². The Balaban J connectivity index is 0.00000400. The summed E-state index contributed by atoms with van der Waals surface area (Å²) in [5.41, 5.74) is 0. The molecular formula is C15H34IN5. The lowest BCUT2D eigenvalue weighted by molar-refractivity contribution is 0.125. The quantitative estimate of drug-likeness (QED) is 0.378. The Morgan fingerprint density at radius 2 is 1.52 bits per heavy atom. The SMILES string of the molecule is CCNC(=NCC(C)CN1CCN(CC)CC1)NCC.I. The number of guanidine groups is 1. The van der Waals surface area contributed by atoms with Crippen molar-refractivity contribution >= 4 is 29.9 Å². The van der Waals surface area contributed by atoms with Gasteiger partial charge in [0.1, 0.15) is 0 Å². The van der Waals surface area contributed by atoms with E-state index in [1.807, 2.05) is 0 Å². The Kier molecular flexibility index (Phi) is 12.4. The average molecular weight is 411 g/mol. The predicted molar refractivity (Wildman–Crippen MR) is 103 cm³/mol. The highest BCUT2D eigenvalue weighted by atomic mass is 127. The molecule has 0 aromatic rings. The molecule has 0 amide bonds. The first-order chi connectivity index (χ1) is 9.69. The molecule has 0 aromatic heterocycles. The molecule has 2 N–H and O–H groups in total. The second-order valence-electron chi connectivity index (χ2n) is 5.59. The standard InChI is InChI=1S/C15H33N5.HI/c1-5-16-15(17-6-2)18-12-14(4)13-20-10-8-19(7-3)9-11-20;/h14H,5-13H2,1-4H3,(H2,16,17,18);1H.